The van der Waals surface area contributed by atoms with E-state index in [0.29, 0.717) is 6.42 Å². The summed E-state index contributed by atoms with van der Waals surface area (Å²) in [6.07, 6.45) is -8.81. The van der Waals surface area contributed by atoms with Gasteiger partial charge in [0, 0.05) is 13.1 Å². The zero-order valence-electron chi connectivity index (χ0n) is 15.4. The molecule has 0 N–H and O–H groups in total. The molecule has 0 aromatic heterocycles. The minimum absolute atomic E-state index is 0.153. The third-order valence-electron chi connectivity index (χ3n) is 4.76. The van der Waals surface area contributed by atoms with Crippen molar-refractivity contribution in [2.75, 3.05) is 19.3 Å². The lowest BCUT2D eigenvalue weighted by Crippen LogP contribution is -2.32. The summed E-state index contributed by atoms with van der Waals surface area (Å²) in [5.74, 6) is -0.747. The van der Waals surface area contributed by atoms with Crippen LogP contribution in [0.1, 0.15) is 30.9 Å². The summed E-state index contributed by atoms with van der Waals surface area (Å²) >= 11 is 0. The van der Waals surface area contributed by atoms with E-state index >= 15 is 0 Å². The summed E-state index contributed by atoms with van der Waals surface area (Å²) in [5.41, 5.74) is -3.48. The first-order chi connectivity index (χ1) is 13.0. The second-order valence-electron chi connectivity index (χ2n) is 6.95. The number of sulfone groups is 1. The Hall–Kier alpha value is -1.34. The highest BCUT2D eigenvalue weighted by atomic mass is 32.2. The van der Waals surface area contributed by atoms with E-state index in [9.17, 15) is 43.2 Å². The van der Waals surface area contributed by atoms with Gasteiger partial charge < -0.3 is 0 Å². The Kier molecular flexibility index (Phi) is 6.38. The first kappa shape index (κ1) is 23.9. The summed E-state index contributed by atoms with van der Waals surface area (Å²) in [7, 11) is -8.46. The van der Waals surface area contributed by atoms with Crippen molar-refractivity contribution in [3.63, 3.8) is 0 Å². The average Bonchev–Trinajstić information content (AvgIpc) is 2.98. The molecule has 1 unspecified atom stereocenters. The van der Waals surface area contributed by atoms with Crippen molar-refractivity contribution in [2.24, 2.45) is 5.92 Å². The Morgan fingerprint density at radius 2 is 1.41 bits per heavy atom. The van der Waals surface area contributed by atoms with Crippen molar-refractivity contribution in [1.82, 2.24) is 4.31 Å². The van der Waals surface area contributed by atoms with Crippen LogP contribution in [0.25, 0.3) is 0 Å². The molecule has 1 aliphatic rings. The molecule has 0 radical (unpaired) electrons. The maximum absolute atomic E-state index is 13.1. The summed E-state index contributed by atoms with van der Waals surface area (Å²) in [6.45, 7) is 1.02. The van der Waals surface area contributed by atoms with Gasteiger partial charge in [0.15, 0.2) is 9.84 Å². The Morgan fingerprint density at radius 3 is 1.79 bits per heavy atom. The predicted molar refractivity (Wildman–Crippen MR) is 92.2 cm³/mol. The molecule has 13 heteroatoms. The van der Waals surface area contributed by atoms with Gasteiger partial charge in [0.05, 0.1) is 27.5 Å². The van der Waals surface area contributed by atoms with E-state index in [1.807, 2.05) is 0 Å². The van der Waals surface area contributed by atoms with Crippen molar-refractivity contribution >= 4 is 19.9 Å². The van der Waals surface area contributed by atoms with Gasteiger partial charge in [-0.05, 0) is 30.5 Å². The molecule has 166 valence electrons. The average molecular weight is 467 g/mol. The number of benzene rings is 1. The molecule has 0 aliphatic carbocycles. The summed E-state index contributed by atoms with van der Waals surface area (Å²) in [6, 6.07) is 0.174. The van der Waals surface area contributed by atoms with Gasteiger partial charge in [0.1, 0.15) is 0 Å². The molecule has 0 spiro atoms. The Bertz CT molecular complexity index is 938. The van der Waals surface area contributed by atoms with Crippen LogP contribution in [-0.4, -0.2) is 45.7 Å². The number of rotatable bonds is 5. The molecule has 1 fully saturated rings. The highest BCUT2D eigenvalue weighted by molar-refractivity contribution is 7.92. The van der Waals surface area contributed by atoms with Crippen LogP contribution in [-0.2, 0) is 32.2 Å². The molecule has 5 nitrogen and oxygen atoms in total. The van der Waals surface area contributed by atoms with Gasteiger partial charge >= 0.3 is 12.4 Å². The second kappa shape index (κ2) is 7.73. The van der Waals surface area contributed by atoms with Crippen molar-refractivity contribution in [3.05, 3.63) is 29.3 Å². The maximum Gasteiger partial charge on any atom is 0.416 e. The molecule has 0 bridgehead atoms. The largest absolute Gasteiger partial charge is 0.416 e. The number of hydrogen-bond donors (Lipinski definition) is 0. The predicted octanol–water partition coefficient (Wildman–Crippen LogP) is 3.56. The molecule has 2 rings (SSSR count). The van der Waals surface area contributed by atoms with Gasteiger partial charge in [-0.2, -0.15) is 26.3 Å². The molecule has 0 saturated carbocycles. The van der Waals surface area contributed by atoms with Crippen LogP contribution < -0.4 is 0 Å². The summed E-state index contributed by atoms with van der Waals surface area (Å²) in [4.78, 5) is -1.12. The lowest BCUT2D eigenvalue weighted by Gasteiger charge is -2.20. The topological polar surface area (TPSA) is 71.5 Å². The summed E-state index contributed by atoms with van der Waals surface area (Å²) < 4.78 is 129. The van der Waals surface area contributed by atoms with E-state index < -0.39 is 65.9 Å². The Morgan fingerprint density at radius 1 is 0.931 bits per heavy atom. The van der Waals surface area contributed by atoms with E-state index in [2.05, 4.69) is 0 Å². The zero-order valence-corrected chi connectivity index (χ0v) is 17.0. The fourth-order valence-electron chi connectivity index (χ4n) is 3.34. The molecule has 1 aromatic rings. The Balaban J connectivity index is 2.62. The first-order valence-corrected chi connectivity index (χ1v) is 11.9. The standard InChI is InChI=1S/C16H19F6NO4S2/c1-3-4-10-8-23(28(2,24)25)9-14(10)29(26,27)13-6-11(15(17,18)19)5-12(7-13)16(20,21)22/h5-7,10,14H,3-4,8-9H2,1-2H3/t10-,14?/m1/s1. The van der Waals surface area contributed by atoms with Gasteiger partial charge in [0.25, 0.3) is 0 Å². The van der Waals surface area contributed by atoms with Crippen molar-refractivity contribution in [2.45, 2.75) is 42.3 Å². The number of nitrogens with zero attached hydrogens (tertiary/aromatic N) is 1. The Labute approximate surface area is 164 Å². The van der Waals surface area contributed by atoms with Crippen LogP contribution in [0.15, 0.2) is 23.1 Å². The highest BCUT2D eigenvalue weighted by Gasteiger charge is 2.46. The van der Waals surface area contributed by atoms with Crippen LogP contribution in [0.2, 0.25) is 0 Å². The molecule has 1 aliphatic heterocycles. The fraction of sp³-hybridized carbons (Fsp3) is 0.625. The quantitative estimate of drug-likeness (QED) is 0.621. The number of alkyl halides is 6. The lowest BCUT2D eigenvalue weighted by atomic mass is 10.0. The van der Waals surface area contributed by atoms with Crippen LogP contribution in [0.3, 0.4) is 0 Å². The fourth-order valence-corrected chi connectivity index (χ4v) is 6.36. The molecule has 0 amide bonds. The highest BCUT2D eigenvalue weighted by Crippen LogP contribution is 2.39. The monoisotopic (exact) mass is 467 g/mol. The van der Waals surface area contributed by atoms with Gasteiger partial charge in [-0.3, -0.25) is 0 Å². The van der Waals surface area contributed by atoms with E-state index in [4.69, 9.17) is 0 Å². The van der Waals surface area contributed by atoms with E-state index in [-0.39, 0.29) is 31.2 Å². The number of halogens is 6. The molecule has 1 heterocycles. The smallest absolute Gasteiger partial charge is 0.223 e. The van der Waals surface area contributed by atoms with Crippen LogP contribution >= 0.6 is 0 Å². The van der Waals surface area contributed by atoms with Gasteiger partial charge in [-0.15, -0.1) is 0 Å². The third kappa shape index (κ3) is 5.23. The van der Waals surface area contributed by atoms with Gasteiger partial charge in [-0.1, -0.05) is 13.3 Å². The molecule has 2 atom stereocenters. The van der Waals surface area contributed by atoms with E-state index in [0.717, 1.165) is 10.6 Å². The van der Waals surface area contributed by atoms with Gasteiger partial charge in [0.2, 0.25) is 10.0 Å². The lowest BCUT2D eigenvalue weighted by molar-refractivity contribution is -0.143. The molecular formula is C16H19F6NO4S2. The normalized spacial score (nSPS) is 22.2. The molecule has 1 aromatic carbocycles. The van der Waals surface area contributed by atoms with E-state index in [1.165, 1.54) is 0 Å². The minimum Gasteiger partial charge on any atom is -0.223 e. The second-order valence-corrected chi connectivity index (χ2v) is 11.1. The van der Waals surface area contributed by atoms with Crippen LogP contribution in [0.5, 0.6) is 0 Å². The first-order valence-electron chi connectivity index (χ1n) is 8.46. The van der Waals surface area contributed by atoms with Crippen molar-refractivity contribution in [1.29, 1.82) is 0 Å². The number of hydrogen-bond acceptors (Lipinski definition) is 4. The van der Waals surface area contributed by atoms with E-state index in [1.54, 1.807) is 6.92 Å². The number of sulfonamides is 1. The van der Waals surface area contributed by atoms with Gasteiger partial charge in [-0.25, -0.2) is 21.1 Å². The maximum atomic E-state index is 13.1. The molecule has 1 saturated heterocycles. The molecular weight excluding hydrogens is 448 g/mol. The van der Waals surface area contributed by atoms with Crippen LogP contribution in [0, 0.1) is 5.92 Å². The molecule has 29 heavy (non-hydrogen) atoms. The van der Waals surface area contributed by atoms with Crippen molar-refractivity contribution in [3.8, 4) is 0 Å². The van der Waals surface area contributed by atoms with Crippen LogP contribution in [0.4, 0.5) is 26.3 Å². The third-order valence-corrected chi connectivity index (χ3v) is 8.22. The zero-order chi connectivity index (χ0) is 22.4. The van der Waals surface area contributed by atoms with Crippen molar-refractivity contribution < 1.29 is 43.2 Å². The summed E-state index contributed by atoms with van der Waals surface area (Å²) in [5, 5.41) is -1.44. The minimum atomic E-state index is -5.19. The SMILES string of the molecule is CCC[C@@H]1CN(S(C)(=O)=O)CC1S(=O)(=O)c1cc(C(F)(F)F)cc(C(F)(F)F)c1.